The smallest absolute Gasteiger partial charge is 0.224 e. The van der Waals surface area contributed by atoms with Crippen LogP contribution in [0.15, 0.2) is 42.6 Å². The molecular weight excluding hydrogens is 302 g/mol. The lowest BCUT2D eigenvalue weighted by Gasteiger charge is -2.10. The van der Waals surface area contributed by atoms with Gasteiger partial charge in [0.05, 0.1) is 19.0 Å². The second kappa shape index (κ2) is 9.55. The maximum atomic E-state index is 11.7. The Kier molecular flexibility index (Phi) is 7.08. The van der Waals surface area contributed by atoms with Crippen LogP contribution in [0.5, 0.6) is 5.75 Å². The summed E-state index contributed by atoms with van der Waals surface area (Å²) < 4.78 is 5.35. The van der Waals surface area contributed by atoms with Gasteiger partial charge in [-0.1, -0.05) is 31.5 Å². The maximum Gasteiger partial charge on any atom is 0.224 e. The topological polar surface area (TPSA) is 63.2 Å². The normalized spacial score (nSPS) is 10.2. The van der Waals surface area contributed by atoms with E-state index in [2.05, 4.69) is 28.6 Å². The number of para-hydroxylation sites is 1. The molecule has 0 unspecified atom stereocenters. The molecular formula is C19H25N3O2. The van der Waals surface area contributed by atoms with Crippen molar-refractivity contribution in [1.82, 2.24) is 4.98 Å². The van der Waals surface area contributed by atoms with Gasteiger partial charge < -0.3 is 15.4 Å². The summed E-state index contributed by atoms with van der Waals surface area (Å²) in [5, 5.41) is 6.14. The Morgan fingerprint density at radius 1 is 1.21 bits per heavy atom. The van der Waals surface area contributed by atoms with Crippen molar-refractivity contribution in [3.63, 3.8) is 0 Å². The number of ether oxygens (including phenoxy) is 1. The van der Waals surface area contributed by atoms with Crippen molar-refractivity contribution in [2.24, 2.45) is 0 Å². The summed E-state index contributed by atoms with van der Waals surface area (Å²) in [6, 6.07) is 11.7. The van der Waals surface area contributed by atoms with Gasteiger partial charge in [0, 0.05) is 13.0 Å². The number of nitrogens with zero attached hydrogens (tertiary/aromatic N) is 1. The van der Waals surface area contributed by atoms with Crippen LogP contribution in [-0.4, -0.2) is 24.5 Å². The fraction of sp³-hybridized carbons (Fsp3) is 0.368. The molecule has 0 aliphatic rings. The van der Waals surface area contributed by atoms with Gasteiger partial charge in [-0.2, -0.15) is 0 Å². The number of rotatable bonds is 9. The molecule has 1 heterocycles. The summed E-state index contributed by atoms with van der Waals surface area (Å²) in [5.41, 5.74) is 1.89. The van der Waals surface area contributed by atoms with Gasteiger partial charge in [-0.15, -0.1) is 0 Å². The van der Waals surface area contributed by atoms with Gasteiger partial charge in [-0.3, -0.25) is 4.79 Å². The van der Waals surface area contributed by atoms with Crippen molar-refractivity contribution in [1.29, 1.82) is 0 Å². The first-order valence-corrected chi connectivity index (χ1v) is 8.34. The number of anilines is 2. The van der Waals surface area contributed by atoms with Crippen LogP contribution in [0.1, 0.15) is 31.7 Å². The highest BCUT2D eigenvalue weighted by molar-refractivity contribution is 5.90. The van der Waals surface area contributed by atoms with Gasteiger partial charge in [0.1, 0.15) is 11.6 Å². The Labute approximate surface area is 143 Å². The zero-order valence-electron chi connectivity index (χ0n) is 14.3. The van der Waals surface area contributed by atoms with Crippen LogP contribution in [0, 0.1) is 0 Å². The molecule has 0 atom stereocenters. The first-order valence-electron chi connectivity index (χ1n) is 8.34. The third-order valence-corrected chi connectivity index (χ3v) is 3.70. The van der Waals surface area contributed by atoms with E-state index >= 15 is 0 Å². The Balaban J connectivity index is 1.80. The van der Waals surface area contributed by atoms with Crippen molar-refractivity contribution in [3.8, 4) is 5.75 Å². The number of amides is 1. The average Bonchev–Trinajstić information content (AvgIpc) is 2.62. The standard InChI is InChI=1S/C19H25N3O2/c1-3-4-9-19(23)22-16-10-11-18(21-14-16)20-13-12-15-7-5-6-8-17(15)24-2/h5-8,10-11,14H,3-4,9,12-13H2,1-2H3,(H,20,21)(H,22,23). The van der Waals surface area contributed by atoms with Gasteiger partial charge in [-0.05, 0) is 36.6 Å². The van der Waals surface area contributed by atoms with Crippen LogP contribution in [0.3, 0.4) is 0 Å². The van der Waals surface area contributed by atoms with E-state index in [1.54, 1.807) is 13.3 Å². The Morgan fingerprint density at radius 2 is 2.04 bits per heavy atom. The van der Waals surface area contributed by atoms with Gasteiger partial charge in [-0.25, -0.2) is 4.98 Å². The second-order valence-electron chi connectivity index (χ2n) is 5.57. The number of hydrogen-bond donors (Lipinski definition) is 2. The summed E-state index contributed by atoms with van der Waals surface area (Å²) in [4.78, 5) is 16.0. The van der Waals surface area contributed by atoms with Gasteiger partial charge in [0.25, 0.3) is 0 Å². The highest BCUT2D eigenvalue weighted by atomic mass is 16.5. The van der Waals surface area contributed by atoms with E-state index in [1.807, 2.05) is 30.3 Å². The van der Waals surface area contributed by atoms with Crippen LogP contribution in [0.4, 0.5) is 11.5 Å². The van der Waals surface area contributed by atoms with E-state index in [0.717, 1.165) is 48.6 Å². The van der Waals surface area contributed by atoms with Gasteiger partial charge >= 0.3 is 0 Å². The summed E-state index contributed by atoms with van der Waals surface area (Å²) in [6.07, 6.45) is 4.99. The van der Waals surface area contributed by atoms with Crippen molar-refractivity contribution >= 4 is 17.4 Å². The summed E-state index contributed by atoms with van der Waals surface area (Å²) in [7, 11) is 1.68. The van der Waals surface area contributed by atoms with Crippen LogP contribution in [-0.2, 0) is 11.2 Å². The van der Waals surface area contributed by atoms with E-state index in [9.17, 15) is 4.79 Å². The molecule has 24 heavy (non-hydrogen) atoms. The molecule has 1 aromatic carbocycles. The minimum Gasteiger partial charge on any atom is -0.496 e. The number of benzene rings is 1. The van der Waals surface area contributed by atoms with Gasteiger partial charge in [0.2, 0.25) is 5.91 Å². The van der Waals surface area contributed by atoms with Crippen molar-refractivity contribution < 1.29 is 9.53 Å². The van der Waals surface area contributed by atoms with Crippen molar-refractivity contribution in [2.75, 3.05) is 24.3 Å². The molecule has 0 fully saturated rings. The molecule has 128 valence electrons. The average molecular weight is 327 g/mol. The zero-order valence-corrected chi connectivity index (χ0v) is 14.3. The summed E-state index contributed by atoms with van der Waals surface area (Å²) in [5.74, 6) is 1.73. The molecule has 0 radical (unpaired) electrons. The molecule has 1 aromatic heterocycles. The van der Waals surface area contributed by atoms with Gasteiger partial charge in [0.15, 0.2) is 0 Å². The number of carbonyl (C=O) groups is 1. The molecule has 0 saturated carbocycles. The third kappa shape index (κ3) is 5.57. The molecule has 1 amide bonds. The number of nitrogens with one attached hydrogen (secondary N) is 2. The first kappa shape index (κ1) is 17.8. The second-order valence-corrected chi connectivity index (χ2v) is 5.57. The lowest BCUT2D eigenvalue weighted by Crippen LogP contribution is -2.11. The molecule has 0 aliphatic carbocycles. The van der Waals surface area contributed by atoms with E-state index in [1.165, 1.54) is 0 Å². The number of methoxy groups -OCH3 is 1. The predicted octanol–water partition coefficient (Wildman–Crippen LogP) is 3.87. The maximum absolute atomic E-state index is 11.7. The lowest BCUT2D eigenvalue weighted by molar-refractivity contribution is -0.116. The molecule has 2 N–H and O–H groups in total. The van der Waals surface area contributed by atoms with E-state index in [4.69, 9.17) is 4.74 Å². The molecule has 0 aliphatic heterocycles. The molecule has 5 nitrogen and oxygen atoms in total. The number of hydrogen-bond acceptors (Lipinski definition) is 4. The quantitative estimate of drug-likeness (QED) is 0.734. The van der Waals surface area contributed by atoms with Crippen molar-refractivity contribution in [2.45, 2.75) is 32.6 Å². The van der Waals surface area contributed by atoms with E-state index in [-0.39, 0.29) is 5.91 Å². The molecule has 5 heteroatoms. The van der Waals surface area contributed by atoms with E-state index in [0.29, 0.717) is 6.42 Å². The molecule has 2 rings (SSSR count). The Morgan fingerprint density at radius 3 is 2.75 bits per heavy atom. The van der Waals surface area contributed by atoms with Crippen molar-refractivity contribution in [3.05, 3.63) is 48.2 Å². The van der Waals surface area contributed by atoms with E-state index < -0.39 is 0 Å². The summed E-state index contributed by atoms with van der Waals surface area (Å²) in [6.45, 7) is 2.83. The van der Waals surface area contributed by atoms with Crippen LogP contribution in [0.2, 0.25) is 0 Å². The fourth-order valence-electron chi connectivity index (χ4n) is 2.37. The largest absolute Gasteiger partial charge is 0.496 e. The molecule has 0 saturated heterocycles. The Hall–Kier alpha value is -2.56. The third-order valence-electron chi connectivity index (χ3n) is 3.70. The van der Waals surface area contributed by atoms with Crippen LogP contribution >= 0.6 is 0 Å². The number of unbranched alkanes of at least 4 members (excludes halogenated alkanes) is 1. The molecule has 0 spiro atoms. The lowest BCUT2D eigenvalue weighted by atomic mass is 10.1. The fourth-order valence-corrected chi connectivity index (χ4v) is 2.37. The minimum atomic E-state index is 0.0375. The highest BCUT2D eigenvalue weighted by Gasteiger charge is 2.03. The molecule has 0 bridgehead atoms. The predicted molar refractivity (Wildman–Crippen MR) is 97.6 cm³/mol. The minimum absolute atomic E-state index is 0.0375. The van der Waals surface area contributed by atoms with Crippen LogP contribution in [0.25, 0.3) is 0 Å². The number of pyridine rings is 1. The number of aromatic nitrogens is 1. The highest BCUT2D eigenvalue weighted by Crippen LogP contribution is 2.18. The van der Waals surface area contributed by atoms with Crippen LogP contribution < -0.4 is 15.4 Å². The molecule has 2 aromatic rings. The zero-order chi connectivity index (χ0) is 17.2. The monoisotopic (exact) mass is 327 g/mol. The Bertz CT molecular complexity index is 641. The summed E-state index contributed by atoms with van der Waals surface area (Å²) >= 11 is 0. The first-order chi connectivity index (χ1) is 11.7. The SMILES string of the molecule is CCCCC(=O)Nc1ccc(NCCc2ccccc2OC)nc1. The number of carbonyl (C=O) groups excluding carboxylic acids is 1.